The number of allylic oxidation sites excluding steroid dienone is 2. The molecule has 3 rings (SSSR count). The lowest BCUT2D eigenvalue weighted by atomic mass is 9.99. The van der Waals surface area contributed by atoms with E-state index in [0.717, 1.165) is 23.4 Å². The number of aliphatic imine (C=N–C) groups is 1. The molecule has 33 heavy (non-hydrogen) atoms. The molecule has 1 aromatic carbocycles. The summed E-state index contributed by atoms with van der Waals surface area (Å²) in [6, 6.07) is 7.89. The second kappa shape index (κ2) is 10.4. The fourth-order valence-electron chi connectivity index (χ4n) is 3.95. The number of hydrogen-bond donors (Lipinski definition) is 0. The van der Waals surface area contributed by atoms with Crippen LogP contribution in [-0.4, -0.2) is 15.7 Å². The molecule has 0 N–H and O–H groups in total. The summed E-state index contributed by atoms with van der Waals surface area (Å²) < 4.78 is 29.8. The number of rotatable bonds is 7. The van der Waals surface area contributed by atoms with Crippen molar-refractivity contribution in [2.24, 2.45) is 4.99 Å². The number of benzene rings is 1. The van der Waals surface area contributed by atoms with E-state index in [2.05, 4.69) is 36.5 Å². The zero-order valence-corrected chi connectivity index (χ0v) is 19.8. The standard InChI is InChI=1S/C28H29F2N3/c1-7-11-17(4)26-27(21(9-3)14-15-31-26)32-18(5)22-16-24(30)28(33-19(22)6)25-20(8-2)12-10-13-23(25)29/h7-8,10-17H,2,9H2,1,3-6H3/b11-7-,32-18?. The van der Waals surface area contributed by atoms with Crippen LogP contribution in [0.3, 0.4) is 0 Å². The molecule has 0 aliphatic carbocycles. The van der Waals surface area contributed by atoms with Gasteiger partial charge in [-0.15, -0.1) is 0 Å². The van der Waals surface area contributed by atoms with Gasteiger partial charge in [0.2, 0.25) is 0 Å². The highest BCUT2D eigenvalue weighted by atomic mass is 19.1. The minimum Gasteiger partial charge on any atom is -0.258 e. The third kappa shape index (κ3) is 4.98. The molecule has 2 heterocycles. The Labute approximate surface area is 194 Å². The van der Waals surface area contributed by atoms with Crippen LogP contribution in [0.4, 0.5) is 14.5 Å². The van der Waals surface area contributed by atoms with Crippen molar-refractivity contribution in [3.8, 4) is 11.3 Å². The Hall–Kier alpha value is -3.47. The molecule has 3 aromatic rings. The van der Waals surface area contributed by atoms with Gasteiger partial charge in [0.25, 0.3) is 0 Å². The smallest absolute Gasteiger partial charge is 0.150 e. The molecule has 0 fully saturated rings. The van der Waals surface area contributed by atoms with Gasteiger partial charge in [0.05, 0.1) is 11.4 Å². The number of pyridine rings is 2. The number of aromatic nitrogens is 2. The summed E-state index contributed by atoms with van der Waals surface area (Å²) in [5, 5.41) is 0. The number of nitrogens with zero attached hydrogens (tertiary/aromatic N) is 3. The van der Waals surface area contributed by atoms with Gasteiger partial charge in [0, 0.05) is 34.6 Å². The Balaban J connectivity index is 2.15. The molecule has 0 radical (unpaired) electrons. The molecular weight excluding hydrogens is 416 g/mol. The van der Waals surface area contributed by atoms with Crippen molar-refractivity contribution < 1.29 is 8.78 Å². The van der Waals surface area contributed by atoms with Crippen LogP contribution in [0.1, 0.15) is 61.7 Å². The van der Waals surface area contributed by atoms with E-state index >= 15 is 4.39 Å². The van der Waals surface area contributed by atoms with Crippen molar-refractivity contribution in [2.75, 3.05) is 0 Å². The molecule has 170 valence electrons. The van der Waals surface area contributed by atoms with Crippen LogP contribution < -0.4 is 0 Å². The molecule has 2 aromatic heterocycles. The number of hydrogen-bond acceptors (Lipinski definition) is 3. The van der Waals surface area contributed by atoms with E-state index in [1.165, 1.54) is 18.2 Å². The Morgan fingerprint density at radius 2 is 1.97 bits per heavy atom. The predicted molar refractivity (Wildman–Crippen MR) is 133 cm³/mol. The highest BCUT2D eigenvalue weighted by Gasteiger charge is 2.19. The summed E-state index contributed by atoms with van der Waals surface area (Å²) >= 11 is 0. The summed E-state index contributed by atoms with van der Waals surface area (Å²) in [5.74, 6) is -1.06. The van der Waals surface area contributed by atoms with Crippen LogP contribution in [0, 0.1) is 18.6 Å². The van der Waals surface area contributed by atoms with Crippen LogP contribution in [0.5, 0.6) is 0 Å². The average Bonchev–Trinajstić information content (AvgIpc) is 2.80. The topological polar surface area (TPSA) is 38.1 Å². The molecule has 0 aliphatic rings. The maximum Gasteiger partial charge on any atom is 0.150 e. The van der Waals surface area contributed by atoms with Crippen molar-refractivity contribution in [1.82, 2.24) is 9.97 Å². The van der Waals surface area contributed by atoms with Crippen LogP contribution >= 0.6 is 0 Å². The van der Waals surface area contributed by atoms with Crippen molar-refractivity contribution in [2.45, 2.75) is 47.0 Å². The predicted octanol–water partition coefficient (Wildman–Crippen LogP) is 7.76. The molecule has 1 atom stereocenters. The summed E-state index contributed by atoms with van der Waals surface area (Å²) in [4.78, 5) is 13.9. The van der Waals surface area contributed by atoms with Crippen molar-refractivity contribution in [3.63, 3.8) is 0 Å². The van der Waals surface area contributed by atoms with Gasteiger partial charge in [0.15, 0.2) is 0 Å². The van der Waals surface area contributed by atoms with E-state index in [-0.39, 0.29) is 17.2 Å². The zero-order chi connectivity index (χ0) is 24.1. The lowest BCUT2D eigenvalue weighted by Crippen LogP contribution is -2.06. The van der Waals surface area contributed by atoms with E-state index < -0.39 is 11.6 Å². The van der Waals surface area contributed by atoms with Gasteiger partial charge in [-0.25, -0.2) is 13.8 Å². The third-order valence-electron chi connectivity index (χ3n) is 5.67. The minimum atomic E-state index is -0.609. The normalized spacial score (nSPS) is 12.9. The largest absolute Gasteiger partial charge is 0.258 e. The molecule has 5 heteroatoms. The van der Waals surface area contributed by atoms with E-state index in [4.69, 9.17) is 4.99 Å². The zero-order valence-electron chi connectivity index (χ0n) is 19.8. The van der Waals surface area contributed by atoms with Gasteiger partial charge in [0.1, 0.15) is 17.3 Å². The van der Waals surface area contributed by atoms with Crippen LogP contribution in [0.2, 0.25) is 0 Å². The van der Waals surface area contributed by atoms with E-state index in [0.29, 0.717) is 22.5 Å². The summed E-state index contributed by atoms with van der Waals surface area (Å²) in [6.07, 6.45) is 8.16. The van der Waals surface area contributed by atoms with Crippen molar-refractivity contribution >= 4 is 17.5 Å². The number of aryl methyl sites for hydroxylation is 2. The van der Waals surface area contributed by atoms with Gasteiger partial charge in [-0.05, 0) is 56.5 Å². The second-order valence-electron chi connectivity index (χ2n) is 7.93. The molecule has 1 unspecified atom stereocenters. The van der Waals surface area contributed by atoms with Gasteiger partial charge >= 0.3 is 0 Å². The first kappa shape index (κ1) is 24.2. The SMILES string of the molecule is C=Cc1cccc(F)c1-c1nc(C)c(C(C)=Nc2c(CC)ccnc2C(C)/C=C\C)cc1F. The Bertz CT molecular complexity index is 1240. The second-order valence-corrected chi connectivity index (χ2v) is 7.93. The fourth-order valence-corrected chi connectivity index (χ4v) is 3.95. The summed E-state index contributed by atoms with van der Waals surface area (Å²) in [6.45, 7) is 13.4. The summed E-state index contributed by atoms with van der Waals surface area (Å²) in [5.41, 5.74) is 5.07. The maximum absolute atomic E-state index is 15.2. The van der Waals surface area contributed by atoms with Gasteiger partial charge in [-0.3, -0.25) is 9.98 Å². The molecular formula is C28H29F2N3. The van der Waals surface area contributed by atoms with Crippen molar-refractivity contribution in [1.29, 1.82) is 0 Å². The van der Waals surface area contributed by atoms with Gasteiger partial charge < -0.3 is 0 Å². The van der Waals surface area contributed by atoms with E-state index in [9.17, 15) is 4.39 Å². The maximum atomic E-state index is 15.2. The molecule has 3 nitrogen and oxygen atoms in total. The highest BCUT2D eigenvalue weighted by molar-refractivity contribution is 6.01. The van der Waals surface area contributed by atoms with E-state index in [1.807, 2.05) is 26.0 Å². The molecule has 0 saturated carbocycles. The van der Waals surface area contributed by atoms with Crippen LogP contribution in [0.25, 0.3) is 17.3 Å². The van der Waals surface area contributed by atoms with Crippen LogP contribution in [-0.2, 0) is 6.42 Å². The highest BCUT2D eigenvalue weighted by Crippen LogP contribution is 2.33. The molecule has 0 bridgehead atoms. The minimum absolute atomic E-state index is 0.0323. The number of halogens is 2. The third-order valence-corrected chi connectivity index (χ3v) is 5.67. The molecule has 0 amide bonds. The quantitative estimate of drug-likeness (QED) is 0.275. The van der Waals surface area contributed by atoms with Crippen LogP contribution in [0.15, 0.2) is 60.3 Å². The lowest BCUT2D eigenvalue weighted by Gasteiger charge is -2.15. The Morgan fingerprint density at radius 1 is 1.21 bits per heavy atom. The van der Waals surface area contributed by atoms with Gasteiger partial charge in [-0.2, -0.15) is 0 Å². The van der Waals surface area contributed by atoms with Crippen molar-refractivity contribution in [3.05, 3.63) is 95.0 Å². The first-order valence-electron chi connectivity index (χ1n) is 11.1. The Kier molecular flexibility index (Phi) is 7.64. The first-order chi connectivity index (χ1) is 15.8. The fraction of sp³-hybridized carbons (Fsp3) is 0.250. The lowest BCUT2D eigenvalue weighted by molar-refractivity contribution is 0.610. The monoisotopic (exact) mass is 445 g/mol. The molecule has 0 saturated heterocycles. The summed E-state index contributed by atoms with van der Waals surface area (Å²) in [7, 11) is 0. The molecule has 0 spiro atoms. The first-order valence-corrected chi connectivity index (χ1v) is 11.1. The van der Waals surface area contributed by atoms with Gasteiger partial charge in [-0.1, -0.05) is 50.8 Å². The average molecular weight is 446 g/mol. The molecule has 0 aliphatic heterocycles. The van der Waals surface area contributed by atoms with E-state index in [1.54, 1.807) is 25.3 Å². The Morgan fingerprint density at radius 3 is 2.64 bits per heavy atom.